The topological polar surface area (TPSA) is 38.8 Å². The highest BCUT2D eigenvalue weighted by atomic mass is 16.2. The van der Waals surface area contributed by atoms with E-state index in [1.165, 1.54) is 38.0 Å². The Bertz CT molecular complexity index is 596. The fraction of sp³-hybridized carbons (Fsp3) is 0.650. The van der Waals surface area contributed by atoms with Gasteiger partial charge in [-0.1, -0.05) is 6.92 Å². The van der Waals surface area contributed by atoms with Gasteiger partial charge < -0.3 is 15.1 Å². The number of rotatable bonds is 3. The lowest BCUT2D eigenvalue weighted by Crippen LogP contribution is -2.38. The van der Waals surface area contributed by atoms with E-state index < -0.39 is 0 Å². The van der Waals surface area contributed by atoms with E-state index >= 15 is 0 Å². The molecule has 2 atom stereocenters. The van der Waals surface area contributed by atoms with Crippen molar-refractivity contribution < 1.29 is 4.79 Å². The van der Waals surface area contributed by atoms with Crippen LogP contribution in [0.4, 0.5) is 16.2 Å². The summed E-state index contributed by atoms with van der Waals surface area (Å²) < 4.78 is 0. The second kappa shape index (κ2) is 7.24. The lowest BCUT2D eigenvalue weighted by molar-refractivity contribution is 0.210. The summed E-state index contributed by atoms with van der Waals surface area (Å²) in [4.78, 5) is 19.5. The maximum absolute atomic E-state index is 12.5. The summed E-state index contributed by atoms with van der Waals surface area (Å²) in [5, 5.41) is 3.07. The highest BCUT2D eigenvalue weighted by Crippen LogP contribution is 2.25. The third kappa shape index (κ3) is 3.76. The number of benzene rings is 1. The highest BCUT2D eigenvalue weighted by Gasteiger charge is 2.31. The second-order valence-electron chi connectivity index (χ2n) is 7.95. The molecule has 2 amide bonds. The van der Waals surface area contributed by atoms with Crippen molar-refractivity contribution in [1.82, 2.24) is 9.80 Å². The quantitative estimate of drug-likeness (QED) is 0.916. The van der Waals surface area contributed by atoms with Gasteiger partial charge in [-0.25, -0.2) is 4.79 Å². The van der Waals surface area contributed by atoms with E-state index in [1.54, 1.807) is 0 Å². The smallest absolute Gasteiger partial charge is 0.321 e. The van der Waals surface area contributed by atoms with Gasteiger partial charge in [-0.05, 0) is 69.0 Å². The van der Waals surface area contributed by atoms with Crippen molar-refractivity contribution >= 4 is 17.4 Å². The average Bonchev–Trinajstić information content (AvgIpc) is 3.36. The van der Waals surface area contributed by atoms with Crippen molar-refractivity contribution in [3.8, 4) is 0 Å². The van der Waals surface area contributed by atoms with Gasteiger partial charge >= 0.3 is 6.03 Å². The Kier molecular flexibility index (Phi) is 4.84. The van der Waals surface area contributed by atoms with Crippen LogP contribution in [0.25, 0.3) is 0 Å². The molecule has 3 heterocycles. The van der Waals surface area contributed by atoms with Gasteiger partial charge in [-0.2, -0.15) is 0 Å². The molecule has 0 spiro atoms. The second-order valence-corrected chi connectivity index (χ2v) is 7.95. The van der Waals surface area contributed by atoms with E-state index in [4.69, 9.17) is 0 Å². The van der Waals surface area contributed by atoms with E-state index in [9.17, 15) is 4.79 Å². The molecule has 0 aromatic heterocycles. The molecule has 0 saturated carbocycles. The minimum absolute atomic E-state index is 0.0456. The first kappa shape index (κ1) is 16.7. The van der Waals surface area contributed by atoms with E-state index in [1.807, 2.05) is 17.0 Å². The van der Waals surface area contributed by atoms with Crippen LogP contribution in [0.1, 0.15) is 32.6 Å². The third-order valence-corrected chi connectivity index (χ3v) is 6.02. The largest absolute Gasteiger partial charge is 0.371 e. The van der Waals surface area contributed by atoms with Crippen molar-refractivity contribution in [2.75, 3.05) is 49.5 Å². The fourth-order valence-corrected chi connectivity index (χ4v) is 4.46. The molecule has 1 aromatic rings. The third-order valence-electron chi connectivity index (χ3n) is 6.02. The fourth-order valence-electron chi connectivity index (χ4n) is 4.46. The van der Waals surface area contributed by atoms with Gasteiger partial charge in [-0.15, -0.1) is 0 Å². The number of nitrogens with zero attached hydrogens (tertiary/aromatic N) is 3. The minimum Gasteiger partial charge on any atom is -0.371 e. The molecule has 3 fully saturated rings. The van der Waals surface area contributed by atoms with Crippen LogP contribution in [0.2, 0.25) is 0 Å². The van der Waals surface area contributed by atoms with Crippen molar-refractivity contribution in [2.24, 2.45) is 5.92 Å². The van der Waals surface area contributed by atoms with E-state index in [2.05, 4.69) is 34.2 Å². The lowest BCUT2D eigenvalue weighted by atomic mass is 10.2. The van der Waals surface area contributed by atoms with Gasteiger partial charge in [0, 0.05) is 43.6 Å². The maximum Gasteiger partial charge on any atom is 0.321 e. The molecule has 5 heteroatoms. The van der Waals surface area contributed by atoms with Gasteiger partial charge in [0.2, 0.25) is 0 Å². The summed E-state index contributed by atoms with van der Waals surface area (Å²) in [6.45, 7) is 8.73. The van der Waals surface area contributed by atoms with Crippen molar-refractivity contribution in [3.05, 3.63) is 24.3 Å². The molecule has 0 radical (unpaired) electrons. The molecule has 5 nitrogen and oxygen atoms in total. The van der Waals surface area contributed by atoms with Gasteiger partial charge in [0.25, 0.3) is 0 Å². The van der Waals surface area contributed by atoms with Crippen LogP contribution in [0, 0.1) is 5.92 Å². The first-order valence-electron chi connectivity index (χ1n) is 9.84. The Hall–Kier alpha value is -1.75. The SMILES string of the molecule is C[C@H]1CCN(c2ccc(NC(=O)N3CC[C@@H](N4CCCC4)C3)cc2)C1. The van der Waals surface area contributed by atoms with Gasteiger partial charge in [0.05, 0.1) is 0 Å². The molecule has 4 rings (SSSR count). The van der Waals surface area contributed by atoms with Crippen molar-refractivity contribution in [1.29, 1.82) is 0 Å². The summed E-state index contributed by atoms with van der Waals surface area (Å²) in [5.41, 5.74) is 2.16. The molecule has 136 valence electrons. The predicted molar refractivity (Wildman–Crippen MR) is 102 cm³/mol. The van der Waals surface area contributed by atoms with E-state index in [0.29, 0.717) is 6.04 Å². The van der Waals surface area contributed by atoms with Crippen LogP contribution in [-0.4, -0.2) is 61.1 Å². The Balaban J connectivity index is 1.30. The van der Waals surface area contributed by atoms with Gasteiger partial charge in [0.15, 0.2) is 0 Å². The zero-order valence-corrected chi connectivity index (χ0v) is 15.3. The molecule has 0 bridgehead atoms. The highest BCUT2D eigenvalue weighted by molar-refractivity contribution is 5.89. The summed E-state index contributed by atoms with van der Waals surface area (Å²) >= 11 is 0. The molecule has 3 saturated heterocycles. The Morgan fingerprint density at radius 3 is 2.44 bits per heavy atom. The monoisotopic (exact) mass is 342 g/mol. The van der Waals surface area contributed by atoms with E-state index in [0.717, 1.165) is 44.2 Å². The van der Waals surface area contributed by atoms with Crippen LogP contribution < -0.4 is 10.2 Å². The Labute approximate surface area is 151 Å². The lowest BCUT2D eigenvalue weighted by Gasteiger charge is -2.24. The number of hydrogen-bond acceptors (Lipinski definition) is 3. The first-order valence-corrected chi connectivity index (χ1v) is 9.84. The molecule has 3 aliphatic rings. The van der Waals surface area contributed by atoms with Crippen LogP contribution in [0.5, 0.6) is 0 Å². The molecule has 1 N–H and O–H groups in total. The average molecular weight is 342 g/mol. The van der Waals surface area contributed by atoms with Crippen molar-refractivity contribution in [3.63, 3.8) is 0 Å². The number of carbonyl (C=O) groups is 1. The molecule has 25 heavy (non-hydrogen) atoms. The Morgan fingerprint density at radius 2 is 1.76 bits per heavy atom. The maximum atomic E-state index is 12.5. The minimum atomic E-state index is 0.0456. The molecule has 0 unspecified atom stereocenters. The predicted octanol–water partition coefficient (Wildman–Crippen LogP) is 3.23. The summed E-state index contributed by atoms with van der Waals surface area (Å²) in [7, 11) is 0. The first-order chi connectivity index (χ1) is 12.2. The van der Waals surface area contributed by atoms with Crippen molar-refractivity contribution in [2.45, 2.75) is 38.6 Å². The van der Waals surface area contributed by atoms with Crippen LogP contribution >= 0.6 is 0 Å². The molecule has 1 aromatic carbocycles. The zero-order valence-electron chi connectivity index (χ0n) is 15.3. The Morgan fingerprint density at radius 1 is 1.00 bits per heavy atom. The van der Waals surface area contributed by atoms with Crippen LogP contribution in [0.15, 0.2) is 24.3 Å². The normalized spacial score (nSPS) is 27.2. The number of hydrogen-bond donors (Lipinski definition) is 1. The molecule has 3 aliphatic heterocycles. The summed E-state index contributed by atoms with van der Waals surface area (Å²) in [5.74, 6) is 0.776. The molecule has 0 aliphatic carbocycles. The summed E-state index contributed by atoms with van der Waals surface area (Å²) in [6.07, 6.45) is 5.00. The van der Waals surface area contributed by atoms with Crippen LogP contribution in [-0.2, 0) is 0 Å². The number of nitrogens with one attached hydrogen (secondary N) is 1. The molecular weight excluding hydrogens is 312 g/mol. The van der Waals surface area contributed by atoms with Gasteiger partial charge in [0.1, 0.15) is 0 Å². The molecular formula is C20H30N4O. The number of anilines is 2. The number of likely N-dealkylation sites (tertiary alicyclic amines) is 2. The number of urea groups is 1. The summed E-state index contributed by atoms with van der Waals surface area (Å²) in [6, 6.07) is 8.93. The standard InChI is InChI=1S/C20H30N4O/c1-16-8-12-23(14-16)18-6-4-17(5-7-18)21-20(25)24-13-9-19(15-24)22-10-2-3-11-22/h4-7,16,19H,2-3,8-15H2,1H3,(H,21,25)/t16-,19+/m0/s1. The van der Waals surface area contributed by atoms with E-state index in [-0.39, 0.29) is 6.03 Å². The zero-order chi connectivity index (χ0) is 17.2. The number of carbonyl (C=O) groups excluding carboxylic acids is 1. The van der Waals surface area contributed by atoms with Crippen LogP contribution in [0.3, 0.4) is 0 Å². The van der Waals surface area contributed by atoms with Gasteiger partial charge in [-0.3, -0.25) is 4.90 Å². The number of amides is 2.